The van der Waals surface area contributed by atoms with Gasteiger partial charge < -0.3 is 10.6 Å². The smallest absolute Gasteiger partial charge is 0.242 e. The van der Waals surface area contributed by atoms with E-state index in [-0.39, 0.29) is 5.91 Å². The van der Waals surface area contributed by atoms with E-state index >= 15 is 0 Å². The Balaban J connectivity index is 2.93. The summed E-state index contributed by atoms with van der Waals surface area (Å²) in [4.78, 5) is 14.4. The van der Waals surface area contributed by atoms with Crippen molar-refractivity contribution in [1.29, 1.82) is 0 Å². The number of nitrogens with zero attached hydrogens (tertiary/aromatic N) is 1. The van der Waals surface area contributed by atoms with Crippen LogP contribution in [0, 0.1) is 13.8 Å². The molecule has 0 aliphatic carbocycles. The fraction of sp³-hybridized carbons (Fsp3) is 0.588. The second-order valence-electron chi connectivity index (χ2n) is 5.76. The minimum atomic E-state index is -0.830. The summed E-state index contributed by atoms with van der Waals surface area (Å²) < 4.78 is 0. The molecule has 1 atom stereocenters. The van der Waals surface area contributed by atoms with Crippen LogP contribution in [0.25, 0.3) is 0 Å². The van der Waals surface area contributed by atoms with Crippen LogP contribution in [-0.4, -0.2) is 37.0 Å². The van der Waals surface area contributed by atoms with Crippen LogP contribution >= 0.6 is 0 Å². The zero-order chi connectivity index (χ0) is 16.0. The van der Waals surface area contributed by atoms with Gasteiger partial charge in [0.2, 0.25) is 5.91 Å². The van der Waals surface area contributed by atoms with E-state index in [0.29, 0.717) is 0 Å². The van der Waals surface area contributed by atoms with E-state index < -0.39 is 5.54 Å². The molecule has 1 amide bonds. The van der Waals surface area contributed by atoms with Crippen LogP contribution in [0.15, 0.2) is 18.2 Å². The molecule has 0 aliphatic heterocycles. The van der Waals surface area contributed by atoms with Gasteiger partial charge in [0.05, 0.1) is 0 Å². The first-order valence-corrected chi connectivity index (χ1v) is 7.70. The summed E-state index contributed by atoms with van der Waals surface area (Å²) in [5.41, 5.74) is 8.04. The first kappa shape index (κ1) is 17.7. The Morgan fingerprint density at radius 1 is 1.29 bits per heavy atom. The topological polar surface area (TPSA) is 58.4 Å². The molecule has 1 aromatic carbocycles. The third-order valence-electron chi connectivity index (χ3n) is 4.23. The molecule has 4 nitrogen and oxygen atoms in total. The molecule has 3 N–H and O–H groups in total. The lowest BCUT2D eigenvalue weighted by atomic mass is 9.86. The number of carbonyl (C=O) groups excluding carboxylic acids is 1. The highest BCUT2D eigenvalue weighted by Crippen LogP contribution is 2.25. The fourth-order valence-electron chi connectivity index (χ4n) is 2.59. The van der Waals surface area contributed by atoms with Gasteiger partial charge in [0.25, 0.3) is 0 Å². The van der Waals surface area contributed by atoms with E-state index in [1.807, 2.05) is 32.9 Å². The van der Waals surface area contributed by atoms with Crippen molar-refractivity contribution in [2.45, 2.75) is 40.2 Å². The summed E-state index contributed by atoms with van der Waals surface area (Å²) in [6, 6.07) is 6.14. The Bertz CT molecular complexity index is 483. The molecular formula is C17H29N3O. The van der Waals surface area contributed by atoms with Gasteiger partial charge in [-0.25, -0.2) is 0 Å². The third kappa shape index (κ3) is 4.29. The summed E-state index contributed by atoms with van der Waals surface area (Å²) >= 11 is 0. The van der Waals surface area contributed by atoms with Gasteiger partial charge in [-0.15, -0.1) is 0 Å². The summed E-state index contributed by atoms with van der Waals surface area (Å²) in [5, 5.41) is 3.36. The lowest BCUT2D eigenvalue weighted by Gasteiger charge is -2.31. The van der Waals surface area contributed by atoms with Gasteiger partial charge in [-0.3, -0.25) is 10.1 Å². The first-order valence-electron chi connectivity index (χ1n) is 7.70. The summed E-state index contributed by atoms with van der Waals surface area (Å²) in [6.07, 6.45) is 0. The molecule has 0 spiro atoms. The van der Waals surface area contributed by atoms with Crippen molar-refractivity contribution in [2.75, 3.05) is 26.2 Å². The van der Waals surface area contributed by atoms with Gasteiger partial charge in [-0.1, -0.05) is 37.6 Å². The standard InChI is InChI=1S/C17H29N3O/c1-6-20(7-2)11-10-19-17(5,16(18)21)15-12-13(3)8-9-14(15)4/h8-9,12,19H,6-7,10-11H2,1-5H3,(H2,18,21). The molecular weight excluding hydrogens is 262 g/mol. The van der Waals surface area contributed by atoms with Crippen molar-refractivity contribution in [2.24, 2.45) is 5.73 Å². The molecule has 0 aromatic heterocycles. The SMILES string of the molecule is CCN(CC)CCNC(C)(C(N)=O)c1cc(C)ccc1C. The van der Waals surface area contributed by atoms with Crippen LogP contribution in [-0.2, 0) is 10.3 Å². The van der Waals surface area contributed by atoms with E-state index in [2.05, 4.69) is 30.1 Å². The Morgan fingerprint density at radius 2 is 1.90 bits per heavy atom. The van der Waals surface area contributed by atoms with E-state index in [0.717, 1.165) is 42.9 Å². The minimum absolute atomic E-state index is 0.337. The van der Waals surface area contributed by atoms with Crippen LogP contribution in [0.3, 0.4) is 0 Å². The highest BCUT2D eigenvalue weighted by molar-refractivity contribution is 5.86. The van der Waals surface area contributed by atoms with E-state index in [9.17, 15) is 4.79 Å². The van der Waals surface area contributed by atoms with Gasteiger partial charge in [0.15, 0.2) is 0 Å². The highest BCUT2D eigenvalue weighted by atomic mass is 16.1. The van der Waals surface area contributed by atoms with Crippen LogP contribution in [0.4, 0.5) is 0 Å². The summed E-state index contributed by atoms with van der Waals surface area (Å²) in [7, 11) is 0. The first-order chi connectivity index (χ1) is 9.85. The van der Waals surface area contributed by atoms with Crippen molar-refractivity contribution >= 4 is 5.91 Å². The fourth-order valence-corrected chi connectivity index (χ4v) is 2.59. The molecule has 1 unspecified atom stereocenters. The highest BCUT2D eigenvalue weighted by Gasteiger charge is 2.33. The second kappa shape index (κ2) is 7.57. The number of nitrogens with one attached hydrogen (secondary N) is 1. The number of hydrogen-bond donors (Lipinski definition) is 2. The lowest BCUT2D eigenvalue weighted by molar-refractivity contribution is -0.124. The van der Waals surface area contributed by atoms with Crippen molar-refractivity contribution in [1.82, 2.24) is 10.2 Å². The number of aryl methyl sites for hydroxylation is 2. The summed E-state index contributed by atoms with van der Waals surface area (Å²) in [6.45, 7) is 13.9. The molecule has 0 saturated carbocycles. The van der Waals surface area contributed by atoms with Crippen LogP contribution in [0.5, 0.6) is 0 Å². The van der Waals surface area contributed by atoms with Gasteiger partial charge in [0.1, 0.15) is 5.54 Å². The van der Waals surface area contributed by atoms with Crippen molar-refractivity contribution in [3.05, 3.63) is 34.9 Å². The van der Waals surface area contributed by atoms with Crippen molar-refractivity contribution in [3.8, 4) is 0 Å². The van der Waals surface area contributed by atoms with E-state index in [4.69, 9.17) is 5.73 Å². The molecule has 0 aliphatic rings. The molecule has 0 bridgehead atoms. The molecule has 0 radical (unpaired) electrons. The average Bonchev–Trinajstić information content (AvgIpc) is 2.45. The van der Waals surface area contributed by atoms with Gasteiger partial charge in [-0.2, -0.15) is 0 Å². The predicted octanol–water partition coefficient (Wildman–Crippen LogP) is 1.94. The maximum atomic E-state index is 12.0. The molecule has 0 fully saturated rings. The van der Waals surface area contributed by atoms with Crippen molar-refractivity contribution < 1.29 is 4.79 Å². The third-order valence-corrected chi connectivity index (χ3v) is 4.23. The Labute approximate surface area is 128 Å². The Hall–Kier alpha value is -1.39. The molecule has 1 rings (SSSR count). The molecule has 0 heterocycles. The number of likely N-dealkylation sites (N-methyl/N-ethyl adjacent to an activating group) is 1. The maximum Gasteiger partial charge on any atom is 0.242 e. The predicted molar refractivity (Wildman–Crippen MR) is 88.3 cm³/mol. The lowest BCUT2D eigenvalue weighted by Crippen LogP contribution is -2.52. The van der Waals surface area contributed by atoms with E-state index in [1.165, 1.54) is 0 Å². The number of rotatable bonds is 8. The number of amides is 1. The van der Waals surface area contributed by atoms with Crippen LogP contribution in [0.1, 0.15) is 37.5 Å². The molecule has 4 heteroatoms. The number of benzene rings is 1. The number of carbonyl (C=O) groups is 1. The van der Waals surface area contributed by atoms with Crippen LogP contribution in [0.2, 0.25) is 0 Å². The quantitative estimate of drug-likeness (QED) is 0.769. The van der Waals surface area contributed by atoms with Crippen LogP contribution < -0.4 is 11.1 Å². The second-order valence-corrected chi connectivity index (χ2v) is 5.76. The molecule has 1 aromatic rings. The summed E-state index contributed by atoms with van der Waals surface area (Å²) in [5.74, 6) is -0.337. The number of hydrogen-bond acceptors (Lipinski definition) is 3. The average molecular weight is 291 g/mol. The van der Waals surface area contributed by atoms with Gasteiger partial charge >= 0.3 is 0 Å². The minimum Gasteiger partial charge on any atom is -0.368 e. The largest absolute Gasteiger partial charge is 0.368 e. The maximum absolute atomic E-state index is 12.0. The number of primary amides is 1. The number of nitrogens with two attached hydrogens (primary N) is 1. The zero-order valence-corrected chi connectivity index (χ0v) is 14.0. The molecule has 21 heavy (non-hydrogen) atoms. The Kier molecular flexibility index (Phi) is 6.37. The van der Waals surface area contributed by atoms with Gasteiger partial charge in [0, 0.05) is 13.1 Å². The monoisotopic (exact) mass is 291 g/mol. The van der Waals surface area contributed by atoms with Crippen molar-refractivity contribution in [3.63, 3.8) is 0 Å². The molecule has 118 valence electrons. The normalized spacial score (nSPS) is 14.2. The molecule has 0 saturated heterocycles. The van der Waals surface area contributed by atoms with Gasteiger partial charge in [-0.05, 0) is 45.0 Å². The van der Waals surface area contributed by atoms with E-state index in [1.54, 1.807) is 0 Å². The zero-order valence-electron chi connectivity index (χ0n) is 14.0. The Morgan fingerprint density at radius 3 is 2.43 bits per heavy atom.